The summed E-state index contributed by atoms with van der Waals surface area (Å²) < 4.78 is 0. The number of hydrogen-bond acceptors (Lipinski definition) is 3. The zero-order chi connectivity index (χ0) is 13.2. The minimum absolute atomic E-state index is 0.157. The molecule has 0 fully saturated rings. The summed E-state index contributed by atoms with van der Waals surface area (Å²) in [6.07, 6.45) is 6.83. The summed E-state index contributed by atoms with van der Waals surface area (Å²) in [4.78, 5) is 11.9. The maximum atomic E-state index is 11.9. The van der Waals surface area contributed by atoms with Crippen LogP contribution in [0.4, 0.5) is 0 Å². The highest BCUT2D eigenvalue weighted by atomic mass is 16.1. The Morgan fingerprint density at radius 3 is 2.39 bits per heavy atom. The number of ketones is 1. The van der Waals surface area contributed by atoms with Crippen LogP contribution < -0.4 is 0 Å². The number of nitrogens with one attached hydrogen (secondary N) is 2. The number of Topliss-reactive ketones (excluding diaryl/α,β-unsaturated/α-hetero) is 1. The number of carbonyl (C=O) groups is 1. The largest absolute Gasteiger partial charge is 0.313 e. The van der Waals surface area contributed by atoms with Crippen molar-refractivity contribution in [3.8, 4) is 0 Å². The van der Waals surface area contributed by atoms with Crippen molar-refractivity contribution in [2.45, 2.75) is 38.5 Å². The number of benzene rings is 1. The second-order valence-corrected chi connectivity index (χ2v) is 4.33. The van der Waals surface area contributed by atoms with Crippen LogP contribution in [-0.4, -0.2) is 17.7 Å². The van der Waals surface area contributed by atoms with E-state index in [-0.39, 0.29) is 11.5 Å². The van der Waals surface area contributed by atoms with Gasteiger partial charge in [0.15, 0.2) is 0 Å². The van der Waals surface area contributed by atoms with Gasteiger partial charge in [0.25, 0.3) is 0 Å². The van der Waals surface area contributed by atoms with Gasteiger partial charge in [-0.1, -0.05) is 43.2 Å². The third-order valence-corrected chi connectivity index (χ3v) is 2.84. The van der Waals surface area contributed by atoms with E-state index >= 15 is 0 Å². The molecule has 0 atom stereocenters. The first-order chi connectivity index (χ1) is 8.75. The van der Waals surface area contributed by atoms with E-state index in [1.807, 2.05) is 18.2 Å². The first-order valence-corrected chi connectivity index (χ1v) is 6.42. The summed E-state index contributed by atoms with van der Waals surface area (Å²) in [5.41, 5.74) is 0.805. The maximum Gasteiger partial charge on any atom is 0.206 e. The van der Waals surface area contributed by atoms with Crippen molar-refractivity contribution in [2.24, 2.45) is 0 Å². The van der Waals surface area contributed by atoms with Crippen LogP contribution in [0.5, 0.6) is 0 Å². The maximum absolute atomic E-state index is 11.9. The molecule has 0 aliphatic carbocycles. The van der Waals surface area contributed by atoms with Crippen LogP contribution in [-0.2, 0) is 0 Å². The standard InChI is InChI=1S/C15H20N2O/c16-12-8-3-1-2-7-11-14(17)15(18)13-9-5-4-6-10-13/h4-6,9-10,12,16-17H,1-3,7-8,11H2. The molecule has 0 saturated heterocycles. The summed E-state index contributed by atoms with van der Waals surface area (Å²) in [5, 5.41) is 14.7. The van der Waals surface area contributed by atoms with Crippen LogP contribution in [0.1, 0.15) is 48.9 Å². The molecular formula is C15H20N2O. The van der Waals surface area contributed by atoms with Gasteiger partial charge in [0.05, 0.1) is 5.71 Å². The number of rotatable bonds is 9. The molecule has 18 heavy (non-hydrogen) atoms. The van der Waals surface area contributed by atoms with Gasteiger partial charge >= 0.3 is 0 Å². The smallest absolute Gasteiger partial charge is 0.206 e. The molecule has 0 heterocycles. The topological polar surface area (TPSA) is 64.8 Å². The molecule has 0 radical (unpaired) electrons. The zero-order valence-electron chi connectivity index (χ0n) is 10.6. The molecule has 1 aromatic carbocycles. The Morgan fingerprint density at radius 1 is 1.06 bits per heavy atom. The van der Waals surface area contributed by atoms with Crippen LogP contribution in [0.2, 0.25) is 0 Å². The summed E-state index contributed by atoms with van der Waals surface area (Å²) in [6, 6.07) is 9.00. The third-order valence-electron chi connectivity index (χ3n) is 2.84. The van der Waals surface area contributed by atoms with Crippen molar-refractivity contribution in [2.75, 3.05) is 0 Å². The highest BCUT2D eigenvalue weighted by Gasteiger charge is 2.10. The van der Waals surface area contributed by atoms with E-state index in [0.717, 1.165) is 32.1 Å². The minimum Gasteiger partial charge on any atom is -0.313 e. The van der Waals surface area contributed by atoms with E-state index in [2.05, 4.69) is 0 Å². The average molecular weight is 244 g/mol. The summed E-state index contributed by atoms with van der Waals surface area (Å²) in [6.45, 7) is 0. The van der Waals surface area contributed by atoms with Crippen LogP contribution in [0.3, 0.4) is 0 Å². The van der Waals surface area contributed by atoms with Gasteiger partial charge in [-0.15, -0.1) is 0 Å². The zero-order valence-corrected chi connectivity index (χ0v) is 10.6. The normalized spacial score (nSPS) is 10.0. The summed E-state index contributed by atoms with van der Waals surface area (Å²) in [5.74, 6) is -0.157. The molecule has 0 unspecified atom stereocenters. The Labute approximate surface area is 108 Å². The molecule has 0 bridgehead atoms. The molecule has 96 valence electrons. The second kappa shape index (κ2) is 8.34. The fourth-order valence-electron chi connectivity index (χ4n) is 1.78. The molecule has 0 spiro atoms. The lowest BCUT2D eigenvalue weighted by molar-refractivity contribution is 0.106. The van der Waals surface area contributed by atoms with Crippen LogP contribution >= 0.6 is 0 Å². The van der Waals surface area contributed by atoms with Crippen LogP contribution in [0.25, 0.3) is 0 Å². The molecule has 1 aromatic rings. The molecule has 3 heteroatoms. The summed E-state index contributed by atoms with van der Waals surface area (Å²) >= 11 is 0. The molecule has 3 nitrogen and oxygen atoms in total. The molecule has 0 aliphatic heterocycles. The lowest BCUT2D eigenvalue weighted by atomic mass is 10.0. The number of hydrogen-bond donors (Lipinski definition) is 2. The Morgan fingerprint density at radius 2 is 1.72 bits per heavy atom. The lowest BCUT2D eigenvalue weighted by Crippen LogP contribution is -2.12. The Balaban J connectivity index is 2.25. The van der Waals surface area contributed by atoms with Crippen molar-refractivity contribution in [3.63, 3.8) is 0 Å². The monoisotopic (exact) mass is 244 g/mol. The Kier molecular flexibility index (Phi) is 6.62. The lowest BCUT2D eigenvalue weighted by Gasteiger charge is -2.03. The first-order valence-electron chi connectivity index (χ1n) is 6.42. The quantitative estimate of drug-likeness (QED) is 0.386. The predicted molar refractivity (Wildman–Crippen MR) is 75.0 cm³/mol. The van der Waals surface area contributed by atoms with E-state index in [4.69, 9.17) is 10.8 Å². The van der Waals surface area contributed by atoms with Crippen molar-refractivity contribution in [1.82, 2.24) is 0 Å². The van der Waals surface area contributed by atoms with Crippen molar-refractivity contribution >= 4 is 17.7 Å². The molecule has 0 saturated carbocycles. The summed E-state index contributed by atoms with van der Waals surface area (Å²) in [7, 11) is 0. The molecule has 0 aliphatic rings. The molecular weight excluding hydrogens is 224 g/mol. The van der Waals surface area contributed by atoms with Crippen LogP contribution in [0.15, 0.2) is 30.3 Å². The van der Waals surface area contributed by atoms with Gasteiger partial charge in [0.2, 0.25) is 5.78 Å². The fourth-order valence-corrected chi connectivity index (χ4v) is 1.78. The van der Waals surface area contributed by atoms with Crippen LogP contribution in [0, 0.1) is 10.8 Å². The van der Waals surface area contributed by atoms with Crippen molar-refractivity contribution in [3.05, 3.63) is 35.9 Å². The SMILES string of the molecule is N=CCCCCCCC(=N)C(=O)c1ccccc1. The number of carbonyl (C=O) groups excluding carboxylic acids is 1. The highest BCUT2D eigenvalue weighted by molar-refractivity contribution is 6.44. The van der Waals surface area contributed by atoms with E-state index < -0.39 is 0 Å². The van der Waals surface area contributed by atoms with Gasteiger partial charge < -0.3 is 10.8 Å². The van der Waals surface area contributed by atoms with Gasteiger partial charge in [-0.3, -0.25) is 4.79 Å². The van der Waals surface area contributed by atoms with Gasteiger partial charge in [-0.2, -0.15) is 0 Å². The predicted octanol–water partition coefficient (Wildman–Crippen LogP) is 3.88. The minimum atomic E-state index is -0.157. The molecule has 0 amide bonds. The fraction of sp³-hybridized carbons (Fsp3) is 0.400. The van der Waals surface area contributed by atoms with Gasteiger partial charge in [-0.25, -0.2) is 0 Å². The van der Waals surface area contributed by atoms with E-state index in [1.54, 1.807) is 12.1 Å². The van der Waals surface area contributed by atoms with E-state index in [1.165, 1.54) is 6.21 Å². The van der Waals surface area contributed by atoms with Gasteiger partial charge in [0.1, 0.15) is 0 Å². The molecule has 2 N–H and O–H groups in total. The van der Waals surface area contributed by atoms with Gasteiger partial charge in [0, 0.05) is 5.56 Å². The Bertz CT molecular complexity index is 398. The first kappa shape index (κ1) is 14.3. The van der Waals surface area contributed by atoms with Crippen molar-refractivity contribution < 1.29 is 4.79 Å². The Hall–Kier alpha value is -1.77. The van der Waals surface area contributed by atoms with Gasteiger partial charge in [-0.05, 0) is 31.9 Å². The average Bonchev–Trinajstić information content (AvgIpc) is 2.42. The van der Waals surface area contributed by atoms with Crippen molar-refractivity contribution in [1.29, 1.82) is 10.8 Å². The molecule has 1 rings (SSSR count). The van der Waals surface area contributed by atoms with E-state index in [0.29, 0.717) is 12.0 Å². The van der Waals surface area contributed by atoms with E-state index in [9.17, 15) is 4.79 Å². The third kappa shape index (κ3) is 5.04. The highest BCUT2D eigenvalue weighted by Crippen LogP contribution is 2.08. The number of unbranched alkanes of at least 4 members (excludes halogenated alkanes) is 4. The molecule has 0 aromatic heterocycles. The second-order valence-electron chi connectivity index (χ2n) is 4.33.